The molecule has 1 amide bonds. The number of aliphatic hydroxyl groups is 1. The Hall–Kier alpha value is -0.570. The first-order chi connectivity index (χ1) is 6.74. The first kappa shape index (κ1) is 11.5. The fourth-order valence-corrected chi connectivity index (χ4v) is 2.05. The van der Waals surface area contributed by atoms with E-state index in [-0.39, 0.29) is 12.5 Å². The molecule has 1 saturated carbocycles. The summed E-state index contributed by atoms with van der Waals surface area (Å²) in [6.07, 6.45) is 5.91. The van der Waals surface area contributed by atoms with Gasteiger partial charge in [0.1, 0.15) is 0 Å². The van der Waals surface area contributed by atoms with Crippen LogP contribution < -0.4 is 5.32 Å². The van der Waals surface area contributed by atoms with Gasteiger partial charge in [-0.1, -0.05) is 19.8 Å². The minimum absolute atomic E-state index is 0.0952. The molecule has 0 spiro atoms. The third-order valence-corrected chi connectivity index (χ3v) is 3.02. The van der Waals surface area contributed by atoms with E-state index in [1.807, 2.05) is 0 Å². The normalized spacial score (nSPS) is 27.3. The highest BCUT2D eigenvalue weighted by Gasteiger charge is 2.22. The monoisotopic (exact) mass is 199 g/mol. The van der Waals surface area contributed by atoms with Crippen molar-refractivity contribution in [1.82, 2.24) is 5.32 Å². The van der Waals surface area contributed by atoms with E-state index < -0.39 is 0 Å². The van der Waals surface area contributed by atoms with Crippen LogP contribution in [0.25, 0.3) is 0 Å². The van der Waals surface area contributed by atoms with Crippen LogP contribution in [0.1, 0.15) is 45.4 Å². The zero-order valence-corrected chi connectivity index (χ0v) is 8.96. The summed E-state index contributed by atoms with van der Waals surface area (Å²) in [6, 6.07) is 0.370. The van der Waals surface area contributed by atoms with Crippen LogP contribution in [0.15, 0.2) is 0 Å². The number of carbonyl (C=O) groups is 1. The van der Waals surface area contributed by atoms with Gasteiger partial charge in [-0.25, -0.2) is 0 Å². The lowest BCUT2D eigenvalue weighted by molar-refractivity contribution is -0.122. The smallest absolute Gasteiger partial charge is 0.220 e. The van der Waals surface area contributed by atoms with E-state index >= 15 is 0 Å². The lowest BCUT2D eigenvalue weighted by Crippen LogP contribution is -2.41. The van der Waals surface area contributed by atoms with Crippen LogP contribution in [0.5, 0.6) is 0 Å². The average Bonchev–Trinajstić information content (AvgIpc) is 2.18. The van der Waals surface area contributed by atoms with Gasteiger partial charge in [0.25, 0.3) is 0 Å². The highest BCUT2D eigenvalue weighted by atomic mass is 16.3. The van der Waals surface area contributed by atoms with Crippen LogP contribution in [0.2, 0.25) is 0 Å². The molecule has 0 aliphatic heterocycles. The predicted molar refractivity (Wildman–Crippen MR) is 55.9 cm³/mol. The lowest BCUT2D eigenvalue weighted by atomic mass is 9.86. The van der Waals surface area contributed by atoms with E-state index in [1.165, 1.54) is 19.3 Å². The first-order valence-electron chi connectivity index (χ1n) is 5.64. The van der Waals surface area contributed by atoms with Crippen molar-refractivity contribution in [3.8, 4) is 0 Å². The molecule has 0 radical (unpaired) electrons. The van der Waals surface area contributed by atoms with Crippen molar-refractivity contribution >= 4 is 5.91 Å². The molecule has 3 nitrogen and oxygen atoms in total. The molecule has 2 unspecified atom stereocenters. The van der Waals surface area contributed by atoms with Crippen molar-refractivity contribution in [1.29, 1.82) is 0 Å². The third-order valence-electron chi connectivity index (χ3n) is 3.02. The summed E-state index contributed by atoms with van der Waals surface area (Å²) in [6.45, 7) is 2.31. The highest BCUT2D eigenvalue weighted by molar-refractivity contribution is 5.76. The van der Waals surface area contributed by atoms with Crippen molar-refractivity contribution in [2.75, 3.05) is 6.61 Å². The fourth-order valence-electron chi connectivity index (χ4n) is 2.05. The molecule has 0 aromatic carbocycles. The van der Waals surface area contributed by atoms with Crippen LogP contribution in [-0.4, -0.2) is 23.7 Å². The minimum atomic E-state index is 0.0952. The van der Waals surface area contributed by atoms with E-state index in [1.54, 1.807) is 0 Å². The van der Waals surface area contributed by atoms with Gasteiger partial charge in [-0.3, -0.25) is 4.79 Å². The molecule has 0 saturated heterocycles. The van der Waals surface area contributed by atoms with E-state index in [9.17, 15) is 4.79 Å². The summed E-state index contributed by atoms with van der Waals surface area (Å²) in [5, 5.41) is 11.6. The largest absolute Gasteiger partial charge is 0.396 e. The average molecular weight is 199 g/mol. The zero-order valence-electron chi connectivity index (χ0n) is 8.96. The van der Waals surface area contributed by atoms with Crippen molar-refractivity contribution in [3.63, 3.8) is 0 Å². The molecular weight excluding hydrogens is 178 g/mol. The Morgan fingerprint density at radius 1 is 1.43 bits per heavy atom. The molecule has 2 N–H and O–H groups in total. The molecule has 14 heavy (non-hydrogen) atoms. The van der Waals surface area contributed by atoms with E-state index in [2.05, 4.69) is 12.2 Å². The molecule has 1 aliphatic carbocycles. The zero-order chi connectivity index (χ0) is 10.4. The van der Waals surface area contributed by atoms with Gasteiger partial charge >= 0.3 is 0 Å². The Labute approximate surface area is 85.9 Å². The molecule has 1 rings (SSSR count). The van der Waals surface area contributed by atoms with Crippen molar-refractivity contribution < 1.29 is 9.90 Å². The van der Waals surface area contributed by atoms with Gasteiger partial charge in [0.05, 0.1) is 0 Å². The van der Waals surface area contributed by atoms with Crippen LogP contribution >= 0.6 is 0 Å². The van der Waals surface area contributed by atoms with E-state index in [4.69, 9.17) is 5.11 Å². The molecule has 1 fully saturated rings. The van der Waals surface area contributed by atoms with Gasteiger partial charge < -0.3 is 10.4 Å². The van der Waals surface area contributed by atoms with Gasteiger partial charge in [0.15, 0.2) is 0 Å². The maximum Gasteiger partial charge on any atom is 0.220 e. The SMILES string of the molecule is CC1CCCCC1NC(=O)CCCO. The van der Waals surface area contributed by atoms with Crippen LogP contribution in [0.4, 0.5) is 0 Å². The standard InChI is InChI=1S/C11H21NO2/c1-9-5-2-3-6-10(9)12-11(14)7-4-8-13/h9-10,13H,2-8H2,1H3,(H,12,14). The van der Waals surface area contributed by atoms with Crippen LogP contribution in [0, 0.1) is 5.92 Å². The quantitative estimate of drug-likeness (QED) is 0.720. The Balaban J connectivity index is 2.23. The number of carbonyl (C=O) groups excluding carboxylic acids is 1. The second kappa shape index (κ2) is 6.02. The molecule has 3 heteroatoms. The van der Waals surface area contributed by atoms with Gasteiger partial charge in [-0.2, -0.15) is 0 Å². The predicted octanol–water partition coefficient (Wildman–Crippen LogP) is 1.45. The maximum atomic E-state index is 11.4. The number of amides is 1. The Kier molecular flexibility index (Phi) is 4.94. The number of hydrogen-bond acceptors (Lipinski definition) is 2. The number of hydrogen-bond donors (Lipinski definition) is 2. The lowest BCUT2D eigenvalue weighted by Gasteiger charge is -2.29. The van der Waals surface area contributed by atoms with Gasteiger partial charge in [-0.05, 0) is 25.2 Å². The van der Waals surface area contributed by atoms with Gasteiger partial charge in [-0.15, -0.1) is 0 Å². The van der Waals surface area contributed by atoms with E-state index in [0.717, 1.165) is 6.42 Å². The molecule has 0 aromatic heterocycles. The first-order valence-corrected chi connectivity index (χ1v) is 5.64. The topological polar surface area (TPSA) is 49.3 Å². The third kappa shape index (κ3) is 3.66. The molecule has 0 aromatic rings. The van der Waals surface area contributed by atoms with Crippen LogP contribution in [0.3, 0.4) is 0 Å². The number of aliphatic hydroxyl groups excluding tert-OH is 1. The molecule has 0 bridgehead atoms. The number of nitrogens with one attached hydrogen (secondary N) is 1. The van der Waals surface area contributed by atoms with Crippen molar-refractivity contribution in [2.45, 2.75) is 51.5 Å². The summed E-state index contributed by atoms with van der Waals surface area (Å²) in [5.74, 6) is 0.708. The summed E-state index contributed by atoms with van der Waals surface area (Å²) in [5.41, 5.74) is 0. The fraction of sp³-hybridized carbons (Fsp3) is 0.909. The molecule has 82 valence electrons. The second-order valence-corrected chi connectivity index (χ2v) is 4.26. The Bertz CT molecular complexity index is 182. The summed E-state index contributed by atoms with van der Waals surface area (Å²) < 4.78 is 0. The summed E-state index contributed by atoms with van der Waals surface area (Å²) >= 11 is 0. The highest BCUT2D eigenvalue weighted by Crippen LogP contribution is 2.23. The van der Waals surface area contributed by atoms with Crippen molar-refractivity contribution in [2.24, 2.45) is 5.92 Å². The molecule has 0 heterocycles. The molecular formula is C11H21NO2. The summed E-state index contributed by atoms with van der Waals surface area (Å²) in [7, 11) is 0. The van der Waals surface area contributed by atoms with Gasteiger partial charge in [0, 0.05) is 19.1 Å². The maximum absolute atomic E-state index is 11.4. The van der Waals surface area contributed by atoms with Crippen LogP contribution in [-0.2, 0) is 4.79 Å². The second-order valence-electron chi connectivity index (χ2n) is 4.26. The Morgan fingerprint density at radius 3 is 2.79 bits per heavy atom. The Morgan fingerprint density at radius 2 is 2.14 bits per heavy atom. The summed E-state index contributed by atoms with van der Waals surface area (Å²) in [4.78, 5) is 11.4. The minimum Gasteiger partial charge on any atom is -0.396 e. The van der Waals surface area contributed by atoms with E-state index in [0.29, 0.717) is 24.8 Å². The van der Waals surface area contributed by atoms with Gasteiger partial charge in [0.2, 0.25) is 5.91 Å². The van der Waals surface area contributed by atoms with Crippen molar-refractivity contribution in [3.05, 3.63) is 0 Å². The number of rotatable bonds is 4. The molecule has 2 atom stereocenters. The molecule has 1 aliphatic rings.